The monoisotopic (exact) mass is 464 g/mol. The van der Waals surface area contributed by atoms with Crippen molar-refractivity contribution in [2.45, 2.75) is 45.8 Å². The van der Waals surface area contributed by atoms with Gasteiger partial charge in [-0.25, -0.2) is 4.79 Å². The molecule has 0 atom stereocenters. The number of aryl methyl sites for hydroxylation is 1. The van der Waals surface area contributed by atoms with Crippen LogP contribution in [0.25, 0.3) is 10.9 Å². The van der Waals surface area contributed by atoms with Gasteiger partial charge in [-0.1, -0.05) is 30.3 Å². The summed E-state index contributed by atoms with van der Waals surface area (Å²) in [4.78, 5) is 29.5. The first kappa shape index (κ1) is 25.3. The zero-order valence-electron chi connectivity index (χ0n) is 20.6. The van der Waals surface area contributed by atoms with Crippen molar-refractivity contribution >= 4 is 22.9 Å². The van der Waals surface area contributed by atoms with Gasteiger partial charge in [-0.3, -0.25) is 4.79 Å². The molecule has 7 heteroatoms. The van der Waals surface area contributed by atoms with Crippen molar-refractivity contribution in [3.8, 4) is 0 Å². The van der Waals surface area contributed by atoms with E-state index < -0.39 is 11.7 Å². The van der Waals surface area contributed by atoms with Crippen molar-refractivity contribution in [2.24, 2.45) is 0 Å². The lowest BCUT2D eigenvalue weighted by molar-refractivity contribution is 0.0523. The van der Waals surface area contributed by atoms with E-state index in [1.165, 1.54) is 5.56 Å². The van der Waals surface area contributed by atoms with Crippen molar-refractivity contribution in [3.05, 3.63) is 71.4 Å². The zero-order valence-corrected chi connectivity index (χ0v) is 20.6. The Morgan fingerprint density at radius 3 is 2.44 bits per heavy atom. The van der Waals surface area contributed by atoms with Gasteiger partial charge in [-0.05, 0) is 81.9 Å². The van der Waals surface area contributed by atoms with Crippen molar-refractivity contribution in [3.63, 3.8) is 0 Å². The van der Waals surface area contributed by atoms with Crippen LogP contribution in [0.3, 0.4) is 0 Å². The van der Waals surface area contributed by atoms with E-state index in [0.717, 1.165) is 42.4 Å². The van der Waals surface area contributed by atoms with Crippen LogP contribution in [0, 0.1) is 0 Å². The van der Waals surface area contributed by atoms with Crippen LogP contribution in [-0.2, 0) is 17.7 Å². The Morgan fingerprint density at radius 1 is 0.971 bits per heavy atom. The highest BCUT2D eigenvalue weighted by molar-refractivity contribution is 5.97. The summed E-state index contributed by atoms with van der Waals surface area (Å²) in [7, 11) is 2.07. The smallest absolute Gasteiger partial charge is 0.407 e. The predicted octanol–water partition coefficient (Wildman–Crippen LogP) is 4.49. The van der Waals surface area contributed by atoms with Gasteiger partial charge in [0.05, 0.1) is 0 Å². The number of hydrogen-bond acceptors (Lipinski definition) is 4. The fraction of sp³-hybridized carbons (Fsp3) is 0.407. The van der Waals surface area contributed by atoms with Crippen LogP contribution in [0.1, 0.15) is 48.7 Å². The molecule has 0 aliphatic heterocycles. The molecule has 3 aromatic rings. The summed E-state index contributed by atoms with van der Waals surface area (Å²) in [6.45, 7) is 8.35. The summed E-state index contributed by atoms with van der Waals surface area (Å²) in [5, 5.41) is 6.88. The second-order valence-electron chi connectivity index (χ2n) is 9.61. The molecule has 0 spiro atoms. The summed E-state index contributed by atoms with van der Waals surface area (Å²) in [6.07, 6.45) is 3.48. The second-order valence-corrected chi connectivity index (χ2v) is 9.61. The molecule has 0 saturated carbocycles. The molecule has 2 amide bonds. The van der Waals surface area contributed by atoms with Crippen LogP contribution >= 0.6 is 0 Å². The number of benzene rings is 2. The highest BCUT2D eigenvalue weighted by atomic mass is 16.6. The number of H-pyrrole nitrogens is 1. The van der Waals surface area contributed by atoms with Crippen LogP contribution in [0.4, 0.5) is 4.79 Å². The number of likely N-dealkylation sites (N-methyl/N-ethyl adjacent to an activating group) is 1. The van der Waals surface area contributed by atoms with E-state index in [0.29, 0.717) is 18.7 Å². The first-order valence-corrected chi connectivity index (χ1v) is 11.8. The van der Waals surface area contributed by atoms with E-state index in [2.05, 4.69) is 39.7 Å². The maximum absolute atomic E-state index is 12.4. The van der Waals surface area contributed by atoms with Gasteiger partial charge >= 0.3 is 6.09 Å². The number of ether oxygens (including phenoxy) is 1. The van der Waals surface area contributed by atoms with Crippen LogP contribution in [0.15, 0.2) is 54.7 Å². The number of hydrogen-bond donors (Lipinski definition) is 3. The third-order valence-electron chi connectivity index (χ3n) is 5.46. The molecule has 3 N–H and O–H groups in total. The summed E-state index contributed by atoms with van der Waals surface area (Å²) in [5.41, 5.74) is 3.45. The first-order chi connectivity index (χ1) is 16.2. The molecule has 2 aromatic carbocycles. The quantitative estimate of drug-likeness (QED) is 0.413. The summed E-state index contributed by atoms with van der Waals surface area (Å²) < 4.78 is 5.26. The van der Waals surface area contributed by atoms with Gasteiger partial charge in [-0.2, -0.15) is 0 Å². The Balaban J connectivity index is 1.31. The lowest BCUT2D eigenvalue weighted by atomic mass is 10.1. The number of rotatable bonds is 10. The molecule has 0 aliphatic rings. The van der Waals surface area contributed by atoms with Gasteiger partial charge in [0.1, 0.15) is 5.60 Å². The number of aromatic nitrogens is 1. The fourth-order valence-electron chi connectivity index (χ4n) is 3.63. The minimum absolute atomic E-state index is 0.0499. The molecule has 0 fully saturated rings. The topological polar surface area (TPSA) is 86.5 Å². The number of carbonyl (C=O) groups excluding carboxylic acids is 2. The van der Waals surface area contributed by atoms with Crippen molar-refractivity contribution in [1.82, 2.24) is 20.5 Å². The number of alkyl carbamates (subject to hydrolysis) is 1. The summed E-state index contributed by atoms with van der Waals surface area (Å²) in [6, 6.07) is 16.0. The Morgan fingerprint density at radius 2 is 1.71 bits per heavy atom. The molecule has 182 valence electrons. The van der Waals surface area contributed by atoms with Crippen molar-refractivity contribution < 1.29 is 14.3 Å². The molecule has 34 heavy (non-hydrogen) atoms. The molecular formula is C27H36N4O3. The Kier molecular flexibility index (Phi) is 8.71. The van der Waals surface area contributed by atoms with Gasteiger partial charge in [0.25, 0.3) is 5.91 Å². The molecule has 0 unspecified atom stereocenters. The zero-order chi connectivity index (χ0) is 24.6. The van der Waals surface area contributed by atoms with E-state index in [1.807, 2.05) is 63.4 Å². The van der Waals surface area contributed by atoms with Gasteiger partial charge in [0, 0.05) is 36.9 Å². The lowest BCUT2D eigenvalue weighted by Gasteiger charge is -2.19. The van der Waals surface area contributed by atoms with Gasteiger partial charge < -0.3 is 25.3 Å². The summed E-state index contributed by atoms with van der Waals surface area (Å²) in [5.74, 6) is -0.0499. The van der Waals surface area contributed by atoms with E-state index in [-0.39, 0.29) is 5.91 Å². The molecule has 0 aliphatic carbocycles. The molecule has 3 rings (SSSR count). The number of aromatic amines is 1. The van der Waals surface area contributed by atoms with Crippen molar-refractivity contribution in [2.75, 3.05) is 26.7 Å². The van der Waals surface area contributed by atoms with Crippen molar-refractivity contribution in [1.29, 1.82) is 0 Å². The number of nitrogens with zero attached hydrogens (tertiary/aromatic N) is 1. The minimum atomic E-state index is -0.496. The van der Waals surface area contributed by atoms with Gasteiger partial charge in [0.15, 0.2) is 0 Å². The maximum Gasteiger partial charge on any atom is 0.407 e. The standard InChI is InChI=1S/C27H36N4O3/c1-27(2,3)34-26(33)30-19-21-9-7-20(8-10-21)6-5-16-31(4)17-15-29-25(32)23-12-11-22-13-14-28-24(22)18-23/h7-14,18,28H,5-6,15-17,19H2,1-4H3,(H,29,32)(H,30,33). The normalized spacial score (nSPS) is 11.6. The van der Waals surface area contributed by atoms with Gasteiger partial charge in [0.2, 0.25) is 0 Å². The Hall–Kier alpha value is -3.32. The number of carbonyl (C=O) groups is 2. The molecular weight excluding hydrogens is 428 g/mol. The lowest BCUT2D eigenvalue weighted by Crippen LogP contribution is -2.33. The minimum Gasteiger partial charge on any atom is -0.444 e. The second kappa shape index (κ2) is 11.7. The fourth-order valence-corrected chi connectivity index (χ4v) is 3.63. The first-order valence-electron chi connectivity index (χ1n) is 11.8. The number of fused-ring (bicyclic) bond motifs is 1. The Bertz CT molecular complexity index is 1080. The highest BCUT2D eigenvalue weighted by Crippen LogP contribution is 2.14. The van der Waals surface area contributed by atoms with E-state index in [4.69, 9.17) is 4.74 Å². The van der Waals surface area contributed by atoms with Crippen LogP contribution < -0.4 is 10.6 Å². The highest BCUT2D eigenvalue weighted by Gasteiger charge is 2.15. The molecule has 0 saturated heterocycles. The van der Waals surface area contributed by atoms with E-state index >= 15 is 0 Å². The maximum atomic E-state index is 12.4. The molecule has 1 heterocycles. The van der Waals surface area contributed by atoms with Crippen LogP contribution in [-0.4, -0.2) is 54.2 Å². The average molecular weight is 465 g/mol. The van der Waals surface area contributed by atoms with Crippen LogP contribution in [0.5, 0.6) is 0 Å². The van der Waals surface area contributed by atoms with Crippen LogP contribution in [0.2, 0.25) is 0 Å². The molecule has 7 nitrogen and oxygen atoms in total. The molecule has 1 aromatic heterocycles. The molecule has 0 radical (unpaired) electrons. The number of nitrogens with one attached hydrogen (secondary N) is 3. The third-order valence-corrected chi connectivity index (χ3v) is 5.46. The van der Waals surface area contributed by atoms with Gasteiger partial charge in [-0.15, -0.1) is 0 Å². The Labute approximate surface area is 201 Å². The van der Waals surface area contributed by atoms with E-state index in [1.54, 1.807) is 0 Å². The summed E-state index contributed by atoms with van der Waals surface area (Å²) >= 11 is 0. The third kappa shape index (κ3) is 8.23. The molecule has 0 bridgehead atoms. The van der Waals surface area contributed by atoms with E-state index in [9.17, 15) is 9.59 Å². The SMILES string of the molecule is CN(CCCc1ccc(CNC(=O)OC(C)(C)C)cc1)CCNC(=O)c1ccc2cc[nH]c2c1. The number of amides is 2. The predicted molar refractivity (Wildman–Crippen MR) is 136 cm³/mol. The largest absolute Gasteiger partial charge is 0.444 e. The average Bonchev–Trinajstić information content (AvgIpc) is 3.25.